The number of likely N-dealkylation sites (tertiary alicyclic amines) is 1. The average Bonchev–Trinajstić information content (AvgIpc) is 2.44. The first-order chi connectivity index (χ1) is 5.65. The molecule has 0 aromatic carbocycles. The van der Waals surface area contributed by atoms with Crippen molar-refractivity contribution >= 4 is 0 Å². The van der Waals surface area contributed by atoms with Crippen molar-refractivity contribution in [3.63, 3.8) is 0 Å². The van der Waals surface area contributed by atoms with Crippen LogP contribution in [0.2, 0.25) is 0 Å². The molecule has 2 aliphatic rings. The maximum absolute atomic E-state index is 6.09. The Morgan fingerprint density at radius 2 is 2.33 bits per heavy atom. The SMILES string of the molecule is CC1CCOC12CN(C)CC2N. The van der Waals surface area contributed by atoms with Crippen molar-refractivity contribution in [2.45, 2.75) is 25.0 Å². The molecule has 0 amide bonds. The van der Waals surface area contributed by atoms with E-state index in [4.69, 9.17) is 10.5 Å². The van der Waals surface area contributed by atoms with Gasteiger partial charge in [-0.25, -0.2) is 0 Å². The van der Waals surface area contributed by atoms with E-state index >= 15 is 0 Å². The largest absolute Gasteiger partial charge is 0.372 e. The van der Waals surface area contributed by atoms with Gasteiger partial charge in [0.05, 0.1) is 5.60 Å². The van der Waals surface area contributed by atoms with Crippen LogP contribution in [-0.2, 0) is 4.74 Å². The van der Waals surface area contributed by atoms with Crippen molar-refractivity contribution < 1.29 is 4.74 Å². The fraction of sp³-hybridized carbons (Fsp3) is 1.00. The summed E-state index contributed by atoms with van der Waals surface area (Å²) in [6.45, 7) is 5.13. The van der Waals surface area contributed by atoms with E-state index in [1.165, 1.54) is 6.42 Å². The van der Waals surface area contributed by atoms with Crippen LogP contribution in [0.15, 0.2) is 0 Å². The van der Waals surface area contributed by atoms with E-state index in [0.717, 1.165) is 19.7 Å². The Bertz CT molecular complexity index is 185. The van der Waals surface area contributed by atoms with Gasteiger partial charge in [-0.1, -0.05) is 6.92 Å². The van der Waals surface area contributed by atoms with Crippen LogP contribution in [0.5, 0.6) is 0 Å². The Labute approximate surface area is 73.9 Å². The monoisotopic (exact) mass is 170 g/mol. The summed E-state index contributed by atoms with van der Waals surface area (Å²) in [5.74, 6) is 0.623. The number of ether oxygens (including phenoxy) is 1. The highest BCUT2D eigenvalue weighted by atomic mass is 16.5. The molecule has 0 bridgehead atoms. The zero-order chi connectivity index (χ0) is 8.77. The molecule has 0 aliphatic carbocycles. The van der Waals surface area contributed by atoms with Gasteiger partial charge in [-0.3, -0.25) is 0 Å². The Morgan fingerprint density at radius 3 is 2.75 bits per heavy atom. The summed E-state index contributed by atoms with van der Waals surface area (Å²) in [6.07, 6.45) is 1.17. The van der Waals surface area contributed by atoms with Crippen LogP contribution in [0.25, 0.3) is 0 Å². The second kappa shape index (κ2) is 2.69. The van der Waals surface area contributed by atoms with E-state index in [9.17, 15) is 0 Å². The summed E-state index contributed by atoms with van der Waals surface area (Å²) >= 11 is 0. The van der Waals surface area contributed by atoms with Gasteiger partial charge in [-0.05, 0) is 19.4 Å². The molecule has 0 aromatic rings. The van der Waals surface area contributed by atoms with Crippen LogP contribution in [-0.4, -0.2) is 43.3 Å². The smallest absolute Gasteiger partial charge is 0.0997 e. The van der Waals surface area contributed by atoms with Crippen molar-refractivity contribution in [1.29, 1.82) is 0 Å². The molecule has 2 aliphatic heterocycles. The van der Waals surface area contributed by atoms with Gasteiger partial charge in [-0.15, -0.1) is 0 Å². The summed E-state index contributed by atoms with van der Waals surface area (Å²) in [6, 6.07) is 0.208. The second-order valence-electron chi connectivity index (χ2n) is 4.30. The predicted molar refractivity (Wildman–Crippen MR) is 47.9 cm³/mol. The van der Waals surface area contributed by atoms with Crippen LogP contribution in [0.1, 0.15) is 13.3 Å². The lowest BCUT2D eigenvalue weighted by Crippen LogP contribution is -2.50. The Morgan fingerprint density at radius 1 is 1.58 bits per heavy atom. The normalized spacial score (nSPS) is 49.2. The first-order valence-electron chi connectivity index (χ1n) is 4.73. The molecule has 3 atom stereocenters. The molecule has 70 valence electrons. The molecule has 1 spiro atoms. The summed E-state index contributed by atoms with van der Waals surface area (Å²) < 4.78 is 5.83. The van der Waals surface area contributed by atoms with Crippen molar-refractivity contribution in [3.05, 3.63) is 0 Å². The van der Waals surface area contributed by atoms with E-state index < -0.39 is 0 Å². The van der Waals surface area contributed by atoms with Gasteiger partial charge in [0.1, 0.15) is 0 Å². The minimum absolute atomic E-state index is 0.0191. The van der Waals surface area contributed by atoms with Crippen LogP contribution in [0.4, 0.5) is 0 Å². The summed E-state index contributed by atoms with van der Waals surface area (Å²) in [5.41, 5.74) is 6.07. The third-order valence-electron chi connectivity index (χ3n) is 3.41. The van der Waals surface area contributed by atoms with Gasteiger partial charge >= 0.3 is 0 Å². The van der Waals surface area contributed by atoms with Gasteiger partial charge in [0, 0.05) is 25.7 Å². The lowest BCUT2D eigenvalue weighted by Gasteiger charge is -2.31. The molecule has 3 nitrogen and oxygen atoms in total. The third kappa shape index (κ3) is 1.00. The fourth-order valence-electron chi connectivity index (χ4n) is 2.58. The second-order valence-corrected chi connectivity index (χ2v) is 4.30. The summed E-state index contributed by atoms with van der Waals surface area (Å²) in [7, 11) is 2.11. The maximum atomic E-state index is 6.09. The molecule has 0 radical (unpaired) electrons. The first kappa shape index (κ1) is 8.48. The van der Waals surface area contributed by atoms with Crippen LogP contribution >= 0.6 is 0 Å². The number of likely N-dealkylation sites (N-methyl/N-ethyl adjacent to an activating group) is 1. The molecular formula is C9H18N2O. The first-order valence-corrected chi connectivity index (χ1v) is 4.73. The fourth-order valence-corrected chi connectivity index (χ4v) is 2.58. The Balaban J connectivity index is 2.19. The van der Waals surface area contributed by atoms with E-state index in [1.807, 2.05) is 0 Å². The van der Waals surface area contributed by atoms with Gasteiger partial charge in [-0.2, -0.15) is 0 Å². The molecule has 2 rings (SSSR count). The van der Waals surface area contributed by atoms with Crippen LogP contribution < -0.4 is 5.73 Å². The quantitative estimate of drug-likeness (QED) is 0.558. The number of rotatable bonds is 0. The minimum atomic E-state index is -0.0191. The highest BCUT2D eigenvalue weighted by Crippen LogP contribution is 2.38. The van der Waals surface area contributed by atoms with Gasteiger partial charge in [0.2, 0.25) is 0 Å². The van der Waals surface area contributed by atoms with Crippen molar-refractivity contribution in [2.75, 3.05) is 26.7 Å². The lowest BCUT2D eigenvalue weighted by molar-refractivity contribution is -0.0177. The Kier molecular flexibility index (Phi) is 1.90. The predicted octanol–water partition coefficient (Wildman–Crippen LogP) is 0.0543. The summed E-state index contributed by atoms with van der Waals surface area (Å²) in [4.78, 5) is 2.27. The standard InChI is InChI=1S/C9H18N2O/c1-7-3-4-12-9(7)6-11(2)5-8(9)10/h7-8H,3-6,10H2,1-2H3. The van der Waals surface area contributed by atoms with E-state index in [0.29, 0.717) is 5.92 Å². The van der Waals surface area contributed by atoms with E-state index in [2.05, 4.69) is 18.9 Å². The molecular weight excluding hydrogens is 152 g/mol. The van der Waals surface area contributed by atoms with Crippen LogP contribution in [0, 0.1) is 5.92 Å². The molecule has 2 heterocycles. The summed E-state index contributed by atoms with van der Waals surface area (Å²) in [5, 5.41) is 0. The average molecular weight is 170 g/mol. The molecule has 3 heteroatoms. The van der Waals surface area contributed by atoms with Gasteiger partial charge < -0.3 is 15.4 Å². The number of nitrogens with zero attached hydrogens (tertiary/aromatic N) is 1. The van der Waals surface area contributed by atoms with Crippen molar-refractivity contribution in [2.24, 2.45) is 11.7 Å². The highest BCUT2D eigenvalue weighted by molar-refractivity contribution is 5.06. The topological polar surface area (TPSA) is 38.5 Å². The molecule has 0 saturated carbocycles. The van der Waals surface area contributed by atoms with Crippen molar-refractivity contribution in [3.8, 4) is 0 Å². The molecule has 2 N–H and O–H groups in total. The number of nitrogens with two attached hydrogens (primary N) is 1. The van der Waals surface area contributed by atoms with Crippen LogP contribution in [0.3, 0.4) is 0 Å². The zero-order valence-electron chi connectivity index (χ0n) is 7.92. The maximum Gasteiger partial charge on any atom is 0.0997 e. The molecule has 2 fully saturated rings. The zero-order valence-corrected chi connectivity index (χ0v) is 7.92. The van der Waals surface area contributed by atoms with Gasteiger partial charge in [0.15, 0.2) is 0 Å². The molecule has 3 unspecified atom stereocenters. The Hall–Kier alpha value is -0.120. The van der Waals surface area contributed by atoms with Crippen molar-refractivity contribution in [1.82, 2.24) is 4.90 Å². The number of hydrogen-bond acceptors (Lipinski definition) is 3. The number of hydrogen-bond donors (Lipinski definition) is 1. The lowest BCUT2D eigenvalue weighted by atomic mass is 9.85. The minimum Gasteiger partial charge on any atom is -0.372 e. The molecule has 12 heavy (non-hydrogen) atoms. The third-order valence-corrected chi connectivity index (χ3v) is 3.41. The van der Waals surface area contributed by atoms with E-state index in [1.54, 1.807) is 0 Å². The highest BCUT2D eigenvalue weighted by Gasteiger charge is 2.51. The molecule has 2 saturated heterocycles. The van der Waals surface area contributed by atoms with E-state index in [-0.39, 0.29) is 11.6 Å². The molecule has 0 aromatic heterocycles. The van der Waals surface area contributed by atoms with Gasteiger partial charge in [0.25, 0.3) is 0 Å².